The molecular weight excluding hydrogens is 929 g/mol. The number of anilines is 1. The molecule has 0 saturated heterocycles. The summed E-state index contributed by atoms with van der Waals surface area (Å²) in [6.45, 7) is 6.14. The minimum absolute atomic E-state index is 0.00788. The summed E-state index contributed by atoms with van der Waals surface area (Å²) in [6.07, 6.45) is 21.2. The van der Waals surface area contributed by atoms with Crippen molar-refractivity contribution < 1.29 is 38.8 Å². The van der Waals surface area contributed by atoms with Gasteiger partial charge in [-0.25, -0.2) is 0 Å². The quantitative estimate of drug-likeness (QED) is 0.0812. The van der Waals surface area contributed by atoms with Crippen molar-refractivity contribution in [3.05, 3.63) is 179 Å². The fourth-order valence-electron chi connectivity index (χ4n) is 11.7. The van der Waals surface area contributed by atoms with Crippen LogP contribution in [-0.2, 0) is 25.5 Å². The first-order chi connectivity index (χ1) is 35.8. The van der Waals surface area contributed by atoms with Crippen LogP contribution in [0.5, 0.6) is 28.7 Å². The first kappa shape index (κ1) is 49.4. The number of fused-ring (bicyclic) bond motifs is 2. The maximum atomic E-state index is 14.9. The van der Waals surface area contributed by atoms with E-state index in [9.17, 15) is 24.6 Å². The fourth-order valence-corrected chi connectivity index (χ4v) is 11.7. The molecule has 4 aromatic carbocycles. The highest BCUT2D eigenvalue weighted by Crippen LogP contribution is 2.51. The minimum Gasteiger partial charge on any atom is -0.508 e. The maximum Gasteiger partial charge on any atom is 0.302 e. The second kappa shape index (κ2) is 21.1. The third kappa shape index (κ3) is 10.2. The molecule has 4 N–H and O–H groups in total. The molecule has 0 fully saturated rings. The molecule has 12 nitrogen and oxygen atoms in total. The largest absolute Gasteiger partial charge is 0.508 e. The molecule has 0 amide bonds. The summed E-state index contributed by atoms with van der Waals surface area (Å²) >= 11 is 0. The molecule has 12 heteroatoms. The van der Waals surface area contributed by atoms with Crippen LogP contribution in [0.1, 0.15) is 99.4 Å². The number of allylic oxidation sites excluding steroid dienone is 6. The lowest BCUT2D eigenvalue weighted by Gasteiger charge is -2.43. The molecule has 2 aliphatic heterocycles. The smallest absolute Gasteiger partial charge is 0.302 e. The monoisotopic (exact) mass is 990 g/mol. The number of methoxy groups -OCH3 is 1. The van der Waals surface area contributed by atoms with Gasteiger partial charge in [-0.3, -0.25) is 14.4 Å². The Kier molecular flexibility index (Phi) is 14.1. The molecule has 4 heterocycles. The van der Waals surface area contributed by atoms with Gasteiger partial charge in [-0.05, 0) is 108 Å². The predicted molar refractivity (Wildman–Crippen MR) is 286 cm³/mol. The van der Waals surface area contributed by atoms with Gasteiger partial charge in [0.2, 0.25) is 0 Å². The van der Waals surface area contributed by atoms with Crippen molar-refractivity contribution in [2.24, 2.45) is 11.3 Å². The molecule has 1 spiro atoms. The van der Waals surface area contributed by atoms with E-state index in [0.717, 1.165) is 50.1 Å². The number of carbonyl (C=O) groups excluding carboxylic acids is 3. The van der Waals surface area contributed by atoms with Gasteiger partial charge in [0, 0.05) is 98.7 Å². The van der Waals surface area contributed by atoms with E-state index in [1.807, 2.05) is 48.7 Å². The number of Topliss-reactive ketones (excluding diaryl/α,β-unsaturated/α-hetero) is 2. The molecule has 6 aromatic rings. The first-order valence-corrected chi connectivity index (χ1v) is 25.5. The van der Waals surface area contributed by atoms with Crippen molar-refractivity contribution in [1.82, 2.24) is 14.9 Å². The number of rotatable bonds is 9. The number of ketones is 2. The number of benzene rings is 4. The van der Waals surface area contributed by atoms with Crippen LogP contribution >= 0.6 is 0 Å². The van der Waals surface area contributed by atoms with E-state index in [1.165, 1.54) is 18.6 Å². The second-order valence-electron chi connectivity index (χ2n) is 20.1. The van der Waals surface area contributed by atoms with Gasteiger partial charge >= 0.3 is 5.97 Å². The zero-order valence-corrected chi connectivity index (χ0v) is 42.3. The van der Waals surface area contributed by atoms with Crippen LogP contribution in [0.3, 0.4) is 0 Å². The van der Waals surface area contributed by atoms with E-state index in [-0.39, 0.29) is 60.1 Å². The summed E-state index contributed by atoms with van der Waals surface area (Å²) in [5.41, 5.74) is 6.57. The van der Waals surface area contributed by atoms with Crippen molar-refractivity contribution in [3.63, 3.8) is 0 Å². The molecule has 2 aliphatic carbocycles. The Balaban J connectivity index is 1.16. The molecule has 4 aliphatic rings. The Labute approximate surface area is 432 Å². The standard InChI is InChI=1S/C62H62N4O8/c1-39-10-5-13-47-14-8-18-53-54-36-63-35-46(54)34-62(39,47)25-22-52(73-41(3)68)32-50(71)33-57(42-20-21-58(59(29-42)72-4)74-51-17-9-16-49(70)31-51)65-37-45-12-7-19-56(55(45)38-65)66(27-24-40(2)67)60-30-44(23-26-64-60)61(53)43-11-6-15-48(69)28-43/h5-7,9-13,15-17,19-21,23,28-31,35-39,52-53,57,61,63-64,69-70H,14,22,24-27,32-34H2,1-4H3/t39-,52+,53-,57-,61+,62+/m0/s1. The molecule has 6 atom stereocenters. The first-order valence-electron chi connectivity index (χ1n) is 25.5. The van der Waals surface area contributed by atoms with Crippen LogP contribution in [0.15, 0.2) is 157 Å². The maximum absolute atomic E-state index is 14.9. The van der Waals surface area contributed by atoms with Gasteiger partial charge in [0.15, 0.2) is 11.5 Å². The summed E-state index contributed by atoms with van der Waals surface area (Å²) in [7, 11) is 1.56. The number of carbonyl (C=O) groups is 3. The highest BCUT2D eigenvalue weighted by atomic mass is 16.5. The minimum atomic E-state index is -0.695. The second-order valence-corrected chi connectivity index (χ2v) is 20.1. The van der Waals surface area contributed by atoms with Gasteiger partial charge in [-0.1, -0.05) is 85.0 Å². The van der Waals surface area contributed by atoms with Gasteiger partial charge in [0.05, 0.1) is 24.8 Å². The van der Waals surface area contributed by atoms with Crippen LogP contribution < -0.4 is 19.7 Å². The van der Waals surface area contributed by atoms with Gasteiger partial charge in [-0.2, -0.15) is 0 Å². The Morgan fingerprint density at radius 1 is 0.919 bits per heavy atom. The van der Waals surface area contributed by atoms with E-state index in [1.54, 1.807) is 38.3 Å². The molecule has 6 bridgehead atoms. The number of H-pyrrole nitrogens is 1. The number of hydrogen-bond donors (Lipinski definition) is 4. The van der Waals surface area contributed by atoms with Crippen molar-refractivity contribution in [2.75, 3.05) is 25.1 Å². The molecule has 378 valence electrons. The molecule has 0 radical (unpaired) electrons. The molecular formula is C62H62N4O8. The highest BCUT2D eigenvalue weighted by molar-refractivity contribution is 5.95. The SMILES string of the molecule is COc1cc([C@@H]2CC(=O)C[C@H](OC(C)=O)CC[C@]34Cc5c[nH]cc5[C@H](C#CCC3=CC=C[C@@H]4C)[C@H](c3cccc(O)c3)C3=CCNC(=C3)N(CCC(C)=O)c3cccc4cn2cc34)ccc1Oc1cccc(O)c1. The van der Waals surface area contributed by atoms with Crippen molar-refractivity contribution in [3.8, 4) is 40.6 Å². The number of hydrogen-bond acceptors (Lipinski definition) is 10. The highest BCUT2D eigenvalue weighted by Gasteiger charge is 2.43. The van der Waals surface area contributed by atoms with E-state index < -0.39 is 23.5 Å². The number of phenolic OH excluding ortho intramolecular Hbond substituents is 2. The Hall–Kier alpha value is -8.17. The van der Waals surface area contributed by atoms with Gasteiger partial charge < -0.3 is 44.2 Å². The van der Waals surface area contributed by atoms with E-state index in [4.69, 9.17) is 14.2 Å². The lowest BCUT2D eigenvalue weighted by Crippen LogP contribution is -2.36. The number of dihydropyridines is 1. The van der Waals surface area contributed by atoms with Crippen LogP contribution in [0.4, 0.5) is 5.69 Å². The normalized spacial score (nSPS) is 22.8. The van der Waals surface area contributed by atoms with Crippen LogP contribution in [0, 0.1) is 23.2 Å². The molecule has 0 unspecified atom stereocenters. The third-order valence-electron chi connectivity index (χ3n) is 15.4. The average molecular weight is 991 g/mol. The van der Waals surface area contributed by atoms with E-state index in [0.29, 0.717) is 56.0 Å². The molecule has 74 heavy (non-hydrogen) atoms. The summed E-state index contributed by atoms with van der Waals surface area (Å²) < 4.78 is 20.3. The molecule has 0 saturated carbocycles. The average Bonchev–Trinajstić information content (AvgIpc) is 4.04. The van der Waals surface area contributed by atoms with Crippen LogP contribution in [-0.4, -0.2) is 63.6 Å². The summed E-state index contributed by atoms with van der Waals surface area (Å²) in [5, 5.41) is 26.7. The Bertz CT molecular complexity index is 3330. The van der Waals surface area contributed by atoms with Crippen molar-refractivity contribution >= 4 is 34.0 Å². The number of aromatic hydroxyl groups is 2. The zero-order valence-electron chi connectivity index (χ0n) is 42.3. The number of aromatic amines is 1. The Morgan fingerprint density at radius 2 is 1.74 bits per heavy atom. The molecule has 2 aromatic heterocycles. The lowest BCUT2D eigenvalue weighted by atomic mass is 9.61. The number of esters is 1. The van der Waals surface area contributed by atoms with E-state index in [2.05, 4.69) is 99.6 Å². The number of nitrogens with zero attached hydrogens (tertiary/aromatic N) is 2. The van der Waals surface area contributed by atoms with Crippen molar-refractivity contribution in [2.45, 2.75) is 89.7 Å². The van der Waals surface area contributed by atoms with Crippen LogP contribution in [0.2, 0.25) is 0 Å². The van der Waals surface area contributed by atoms with Gasteiger partial charge in [-0.15, -0.1) is 0 Å². The van der Waals surface area contributed by atoms with E-state index >= 15 is 0 Å². The Morgan fingerprint density at radius 3 is 2.54 bits per heavy atom. The third-order valence-corrected chi connectivity index (χ3v) is 15.4. The van der Waals surface area contributed by atoms with Gasteiger partial charge in [0.25, 0.3) is 0 Å². The summed E-state index contributed by atoms with van der Waals surface area (Å²) in [5.74, 6) is 8.78. The summed E-state index contributed by atoms with van der Waals surface area (Å²) in [4.78, 5) is 46.4. The molecule has 10 rings (SSSR count). The number of nitrogens with one attached hydrogen (secondary N) is 2. The zero-order chi connectivity index (χ0) is 51.5. The summed E-state index contributed by atoms with van der Waals surface area (Å²) in [6, 6.07) is 25.2. The number of aromatic nitrogens is 2. The topological polar surface area (TPSA) is 155 Å². The number of phenols is 2. The van der Waals surface area contributed by atoms with Crippen molar-refractivity contribution in [1.29, 1.82) is 0 Å². The van der Waals surface area contributed by atoms with Crippen LogP contribution in [0.25, 0.3) is 10.8 Å². The predicted octanol–water partition coefficient (Wildman–Crippen LogP) is 11.6. The number of ether oxygens (including phenoxy) is 3. The lowest BCUT2D eigenvalue weighted by molar-refractivity contribution is -0.148. The fraction of sp³-hybridized carbons (Fsp3) is 0.306. The van der Waals surface area contributed by atoms with Gasteiger partial charge in [0.1, 0.15) is 40.7 Å².